The van der Waals surface area contributed by atoms with Gasteiger partial charge in [-0.25, -0.2) is 13.6 Å². The SMILES string of the molecule is O=C(Nc1cc(F)ccc1F)N(Cc1ccccc1)C1CCC(C2CCCCC2)CC1. The molecule has 0 radical (unpaired) electrons. The van der Waals surface area contributed by atoms with Crippen molar-refractivity contribution in [2.75, 3.05) is 5.32 Å². The molecule has 0 atom stereocenters. The van der Waals surface area contributed by atoms with Crippen molar-refractivity contribution in [2.45, 2.75) is 70.4 Å². The number of halogens is 2. The van der Waals surface area contributed by atoms with Crippen LogP contribution in [0.1, 0.15) is 63.4 Å². The van der Waals surface area contributed by atoms with Gasteiger partial charge in [-0.2, -0.15) is 0 Å². The van der Waals surface area contributed by atoms with Gasteiger partial charge < -0.3 is 10.2 Å². The predicted octanol–water partition coefficient (Wildman–Crippen LogP) is 7.14. The number of benzene rings is 2. The zero-order chi connectivity index (χ0) is 21.6. The van der Waals surface area contributed by atoms with Gasteiger partial charge in [0.1, 0.15) is 11.6 Å². The van der Waals surface area contributed by atoms with Crippen LogP contribution in [0.15, 0.2) is 48.5 Å². The van der Waals surface area contributed by atoms with E-state index in [9.17, 15) is 13.6 Å². The molecule has 5 heteroatoms. The van der Waals surface area contributed by atoms with Gasteiger partial charge in [-0.1, -0.05) is 62.4 Å². The second-order valence-corrected chi connectivity index (χ2v) is 9.13. The summed E-state index contributed by atoms with van der Waals surface area (Å²) in [6.45, 7) is 0.461. The number of nitrogens with zero attached hydrogens (tertiary/aromatic N) is 1. The molecule has 2 fully saturated rings. The van der Waals surface area contributed by atoms with E-state index >= 15 is 0 Å². The molecule has 2 aromatic rings. The summed E-state index contributed by atoms with van der Waals surface area (Å²) in [4.78, 5) is 15.0. The summed E-state index contributed by atoms with van der Waals surface area (Å²) in [6, 6.07) is 12.7. The molecule has 0 saturated heterocycles. The minimum Gasteiger partial charge on any atom is -0.317 e. The van der Waals surface area contributed by atoms with Crippen LogP contribution in [0.4, 0.5) is 19.3 Å². The Balaban J connectivity index is 1.46. The molecule has 0 aliphatic heterocycles. The van der Waals surface area contributed by atoms with E-state index in [1.54, 1.807) is 0 Å². The summed E-state index contributed by atoms with van der Waals surface area (Å²) in [6.07, 6.45) is 11.0. The molecule has 2 aliphatic rings. The van der Waals surface area contributed by atoms with E-state index in [0.717, 1.165) is 61.3 Å². The van der Waals surface area contributed by atoms with Crippen LogP contribution in [0.5, 0.6) is 0 Å². The van der Waals surface area contributed by atoms with Crippen LogP contribution < -0.4 is 5.32 Å². The summed E-state index contributed by atoms with van der Waals surface area (Å²) in [5.74, 6) is 0.404. The Kier molecular flexibility index (Phi) is 7.21. The molecule has 0 bridgehead atoms. The van der Waals surface area contributed by atoms with Crippen molar-refractivity contribution < 1.29 is 13.6 Å². The van der Waals surface area contributed by atoms with Crippen molar-refractivity contribution in [1.29, 1.82) is 0 Å². The summed E-state index contributed by atoms with van der Waals surface area (Å²) in [5.41, 5.74) is 0.922. The molecule has 166 valence electrons. The van der Waals surface area contributed by atoms with Gasteiger partial charge in [0.25, 0.3) is 0 Å². The molecular weight excluding hydrogens is 394 g/mol. The minimum absolute atomic E-state index is 0.108. The smallest absolute Gasteiger partial charge is 0.317 e. The Labute approximate surface area is 183 Å². The van der Waals surface area contributed by atoms with E-state index in [4.69, 9.17) is 0 Å². The third-order valence-electron chi connectivity index (χ3n) is 7.13. The fraction of sp³-hybridized carbons (Fsp3) is 0.500. The standard InChI is InChI=1S/C26H32F2N2O/c27-22-13-16-24(28)25(17-22)29-26(31)30(18-19-7-3-1-4-8-19)23-14-11-21(12-15-23)20-9-5-2-6-10-20/h1,3-4,7-8,13,16-17,20-21,23H,2,5-6,9-12,14-15,18H2,(H,29,31). The van der Waals surface area contributed by atoms with Gasteiger partial charge in [0.05, 0.1) is 5.69 Å². The molecule has 0 unspecified atom stereocenters. The number of hydrogen-bond acceptors (Lipinski definition) is 1. The number of anilines is 1. The number of carbonyl (C=O) groups excluding carboxylic acids is 1. The maximum absolute atomic E-state index is 14.1. The number of hydrogen-bond donors (Lipinski definition) is 1. The van der Waals surface area contributed by atoms with Crippen LogP contribution in [-0.2, 0) is 6.54 Å². The number of amides is 2. The topological polar surface area (TPSA) is 32.3 Å². The van der Waals surface area contributed by atoms with Crippen LogP contribution in [0, 0.1) is 23.5 Å². The largest absolute Gasteiger partial charge is 0.322 e. The van der Waals surface area contributed by atoms with Crippen LogP contribution in [0.3, 0.4) is 0 Å². The molecule has 2 amide bonds. The quantitative estimate of drug-likeness (QED) is 0.541. The van der Waals surface area contributed by atoms with Gasteiger partial charge in [0.2, 0.25) is 0 Å². The van der Waals surface area contributed by atoms with Crippen LogP contribution in [-0.4, -0.2) is 17.0 Å². The maximum Gasteiger partial charge on any atom is 0.322 e. The van der Waals surface area contributed by atoms with Gasteiger partial charge in [-0.3, -0.25) is 0 Å². The number of nitrogens with one attached hydrogen (secondary N) is 1. The van der Waals surface area contributed by atoms with Gasteiger partial charge in [0.15, 0.2) is 0 Å². The van der Waals surface area contributed by atoms with Crippen LogP contribution >= 0.6 is 0 Å². The Morgan fingerprint density at radius 3 is 2.26 bits per heavy atom. The summed E-state index contributed by atoms with van der Waals surface area (Å²) < 4.78 is 27.7. The number of urea groups is 1. The normalized spacial score (nSPS) is 22.1. The lowest BCUT2D eigenvalue weighted by Crippen LogP contribution is -2.44. The lowest BCUT2D eigenvalue weighted by atomic mass is 9.72. The lowest BCUT2D eigenvalue weighted by molar-refractivity contribution is 0.120. The fourth-order valence-corrected chi connectivity index (χ4v) is 5.42. The first kappa shape index (κ1) is 21.8. The molecule has 0 spiro atoms. The molecular formula is C26H32F2N2O. The third-order valence-corrected chi connectivity index (χ3v) is 7.13. The Hall–Kier alpha value is -2.43. The zero-order valence-electron chi connectivity index (χ0n) is 18.0. The molecule has 0 heterocycles. The van der Waals surface area contributed by atoms with Gasteiger partial charge in [0, 0.05) is 18.7 Å². The van der Waals surface area contributed by atoms with E-state index in [1.807, 2.05) is 35.2 Å². The van der Waals surface area contributed by atoms with Gasteiger partial charge >= 0.3 is 6.03 Å². The van der Waals surface area contributed by atoms with Gasteiger partial charge in [-0.15, -0.1) is 0 Å². The van der Waals surface area contributed by atoms with E-state index < -0.39 is 11.6 Å². The molecule has 3 nitrogen and oxygen atoms in total. The molecule has 31 heavy (non-hydrogen) atoms. The van der Waals surface area contributed by atoms with Gasteiger partial charge in [-0.05, 0) is 55.2 Å². The first-order valence-electron chi connectivity index (χ1n) is 11.7. The monoisotopic (exact) mass is 426 g/mol. The Morgan fingerprint density at radius 1 is 0.871 bits per heavy atom. The van der Waals surface area contributed by atoms with Crippen LogP contribution in [0.2, 0.25) is 0 Å². The molecule has 2 aliphatic carbocycles. The predicted molar refractivity (Wildman–Crippen MR) is 120 cm³/mol. The van der Waals surface area contributed by atoms with Crippen molar-refractivity contribution >= 4 is 11.7 Å². The van der Waals surface area contributed by atoms with Crippen LogP contribution in [0.25, 0.3) is 0 Å². The van der Waals surface area contributed by atoms with Crippen molar-refractivity contribution in [1.82, 2.24) is 4.90 Å². The van der Waals surface area contributed by atoms with E-state index in [1.165, 1.54) is 32.1 Å². The Morgan fingerprint density at radius 2 is 1.55 bits per heavy atom. The summed E-state index contributed by atoms with van der Waals surface area (Å²) in [5, 5.41) is 2.62. The van der Waals surface area contributed by atoms with Crippen molar-refractivity contribution in [2.24, 2.45) is 11.8 Å². The number of rotatable bonds is 5. The lowest BCUT2D eigenvalue weighted by Gasteiger charge is -2.40. The highest BCUT2D eigenvalue weighted by Crippen LogP contribution is 2.39. The second-order valence-electron chi connectivity index (χ2n) is 9.13. The zero-order valence-corrected chi connectivity index (χ0v) is 18.0. The maximum atomic E-state index is 14.1. The first-order chi connectivity index (χ1) is 15.1. The molecule has 2 saturated carbocycles. The number of carbonyl (C=O) groups is 1. The highest BCUT2D eigenvalue weighted by Gasteiger charge is 2.33. The van der Waals surface area contributed by atoms with E-state index in [-0.39, 0.29) is 17.8 Å². The van der Waals surface area contributed by atoms with Crippen molar-refractivity contribution in [3.05, 3.63) is 65.7 Å². The Bertz CT molecular complexity index is 859. The average molecular weight is 427 g/mol. The highest BCUT2D eigenvalue weighted by atomic mass is 19.1. The van der Waals surface area contributed by atoms with Crippen molar-refractivity contribution in [3.8, 4) is 0 Å². The molecule has 1 N–H and O–H groups in total. The molecule has 0 aromatic heterocycles. The third kappa shape index (κ3) is 5.63. The fourth-order valence-electron chi connectivity index (χ4n) is 5.42. The van der Waals surface area contributed by atoms with E-state index in [2.05, 4.69) is 5.32 Å². The first-order valence-corrected chi connectivity index (χ1v) is 11.7. The van der Waals surface area contributed by atoms with Crippen molar-refractivity contribution in [3.63, 3.8) is 0 Å². The molecule has 2 aromatic carbocycles. The second kappa shape index (κ2) is 10.3. The minimum atomic E-state index is -0.629. The summed E-state index contributed by atoms with van der Waals surface area (Å²) >= 11 is 0. The highest BCUT2D eigenvalue weighted by molar-refractivity contribution is 5.89. The molecule has 4 rings (SSSR count). The van der Waals surface area contributed by atoms with E-state index in [0.29, 0.717) is 6.54 Å². The average Bonchev–Trinajstić information content (AvgIpc) is 2.81. The summed E-state index contributed by atoms with van der Waals surface area (Å²) in [7, 11) is 0.